The molecule has 3 aliphatic heterocycles. The third-order valence-electron chi connectivity index (χ3n) is 7.05. The van der Waals surface area contributed by atoms with E-state index in [1.165, 1.54) is 62.2 Å². The molecule has 27 heavy (non-hydrogen) atoms. The minimum absolute atomic E-state index is 0.173. The summed E-state index contributed by atoms with van der Waals surface area (Å²) in [6.45, 7) is 4.24. The SMILES string of the molecule is N[C@@H]1CCN2C(=O)N(c3ccc(C4(CCN5CCCC5)CC4)cc3)C(=O)[C@H]12. The van der Waals surface area contributed by atoms with Gasteiger partial charge in [-0.25, -0.2) is 9.69 Å². The Hall–Kier alpha value is -1.92. The zero-order valence-corrected chi connectivity index (χ0v) is 15.8. The fraction of sp³-hybridized carbons (Fsp3) is 0.619. The number of hydrogen-bond donors (Lipinski definition) is 1. The van der Waals surface area contributed by atoms with E-state index in [9.17, 15) is 9.59 Å². The maximum atomic E-state index is 12.7. The van der Waals surface area contributed by atoms with Crippen LogP contribution in [-0.2, 0) is 10.2 Å². The quantitative estimate of drug-likeness (QED) is 0.808. The minimum Gasteiger partial charge on any atom is -0.325 e. The first-order chi connectivity index (χ1) is 13.1. The van der Waals surface area contributed by atoms with Gasteiger partial charge in [-0.1, -0.05) is 12.1 Å². The van der Waals surface area contributed by atoms with Gasteiger partial charge in [0, 0.05) is 12.6 Å². The molecule has 1 aromatic carbocycles. The van der Waals surface area contributed by atoms with Crippen molar-refractivity contribution in [2.75, 3.05) is 31.1 Å². The number of nitrogens with zero attached hydrogens (tertiary/aromatic N) is 3. The van der Waals surface area contributed by atoms with Crippen LogP contribution in [0.25, 0.3) is 0 Å². The van der Waals surface area contributed by atoms with Gasteiger partial charge in [-0.15, -0.1) is 0 Å². The van der Waals surface area contributed by atoms with Gasteiger partial charge in [0.05, 0.1) is 5.69 Å². The van der Waals surface area contributed by atoms with E-state index in [4.69, 9.17) is 5.73 Å². The summed E-state index contributed by atoms with van der Waals surface area (Å²) in [4.78, 5) is 30.9. The lowest BCUT2D eigenvalue weighted by Gasteiger charge is -2.22. The molecule has 6 nitrogen and oxygen atoms in total. The largest absolute Gasteiger partial charge is 0.332 e. The molecule has 6 heteroatoms. The van der Waals surface area contributed by atoms with Crippen LogP contribution in [-0.4, -0.2) is 60.0 Å². The van der Waals surface area contributed by atoms with E-state index in [1.54, 1.807) is 4.90 Å². The first kappa shape index (κ1) is 17.2. The van der Waals surface area contributed by atoms with E-state index in [2.05, 4.69) is 17.0 Å². The molecular weight excluding hydrogens is 340 g/mol. The van der Waals surface area contributed by atoms with Crippen LogP contribution in [0, 0.1) is 0 Å². The number of likely N-dealkylation sites (tertiary alicyclic amines) is 1. The predicted octanol–water partition coefficient (Wildman–Crippen LogP) is 2.07. The standard InChI is InChI=1S/C21H28N4O2/c22-17-7-13-24-18(17)19(26)25(20(24)27)16-5-3-15(4-6-16)21(8-9-21)10-14-23-11-1-2-12-23/h3-6,17-18H,1-2,7-14,22H2/t17-,18+/m1/s1. The zero-order valence-electron chi connectivity index (χ0n) is 15.8. The Morgan fingerprint density at radius 1 is 1.04 bits per heavy atom. The highest BCUT2D eigenvalue weighted by Crippen LogP contribution is 2.51. The van der Waals surface area contributed by atoms with E-state index in [0.717, 1.165) is 0 Å². The molecule has 0 aromatic heterocycles. The molecule has 3 heterocycles. The number of carbonyl (C=O) groups excluding carboxylic acids is 2. The molecule has 2 atom stereocenters. The molecule has 0 bridgehead atoms. The van der Waals surface area contributed by atoms with Gasteiger partial charge in [0.2, 0.25) is 0 Å². The number of urea groups is 1. The number of benzene rings is 1. The van der Waals surface area contributed by atoms with Crippen molar-refractivity contribution < 1.29 is 9.59 Å². The number of rotatable bonds is 5. The van der Waals surface area contributed by atoms with Crippen molar-refractivity contribution in [3.63, 3.8) is 0 Å². The van der Waals surface area contributed by atoms with Gasteiger partial charge < -0.3 is 15.5 Å². The van der Waals surface area contributed by atoms with Gasteiger partial charge in [0.15, 0.2) is 0 Å². The molecule has 1 aliphatic carbocycles. The first-order valence-corrected chi connectivity index (χ1v) is 10.3. The Bertz CT molecular complexity index is 752. The molecule has 1 saturated carbocycles. The number of anilines is 1. The highest BCUT2D eigenvalue weighted by atomic mass is 16.2. The van der Waals surface area contributed by atoms with Gasteiger partial charge in [0.25, 0.3) is 5.91 Å². The Morgan fingerprint density at radius 2 is 1.74 bits per heavy atom. The highest BCUT2D eigenvalue weighted by Gasteiger charge is 2.52. The summed E-state index contributed by atoms with van der Waals surface area (Å²) < 4.78 is 0. The molecule has 3 saturated heterocycles. The van der Waals surface area contributed by atoms with Crippen LogP contribution in [0.2, 0.25) is 0 Å². The average Bonchev–Trinajstić information content (AvgIpc) is 3.01. The monoisotopic (exact) mass is 368 g/mol. The second kappa shape index (κ2) is 6.31. The lowest BCUT2D eigenvalue weighted by molar-refractivity contribution is -0.119. The topological polar surface area (TPSA) is 69.9 Å². The number of hydrogen-bond acceptors (Lipinski definition) is 4. The lowest BCUT2D eigenvalue weighted by Crippen LogP contribution is -2.41. The molecule has 0 spiro atoms. The molecule has 4 aliphatic rings. The number of fused-ring (bicyclic) bond motifs is 1. The molecule has 5 rings (SSSR count). The van der Waals surface area contributed by atoms with Crippen molar-refractivity contribution >= 4 is 17.6 Å². The van der Waals surface area contributed by atoms with Gasteiger partial charge in [-0.2, -0.15) is 0 Å². The normalized spacial score (nSPS) is 29.7. The van der Waals surface area contributed by atoms with Crippen molar-refractivity contribution in [2.24, 2.45) is 5.73 Å². The van der Waals surface area contributed by atoms with E-state index >= 15 is 0 Å². The Morgan fingerprint density at radius 3 is 2.37 bits per heavy atom. The van der Waals surface area contributed by atoms with Crippen LogP contribution in [0.15, 0.2) is 24.3 Å². The van der Waals surface area contributed by atoms with Gasteiger partial charge >= 0.3 is 6.03 Å². The summed E-state index contributed by atoms with van der Waals surface area (Å²) in [5.41, 5.74) is 8.37. The van der Waals surface area contributed by atoms with Crippen LogP contribution < -0.4 is 10.6 Å². The van der Waals surface area contributed by atoms with Crippen LogP contribution in [0.1, 0.15) is 44.1 Å². The van der Waals surface area contributed by atoms with Crippen LogP contribution in [0.3, 0.4) is 0 Å². The van der Waals surface area contributed by atoms with E-state index < -0.39 is 6.04 Å². The average molecular weight is 368 g/mol. The van der Waals surface area contributed by atoms with Crippen molar-refractivity contribution in [1.29, 1.82) is 0 Å². The number of nitrogens with two attached hydrogens (primary N) is 1. The summed E-state index contributed by atoms with van der Waals surface area (Å²) in [5, 5.41) is 0. The van der Waals surface area contributed by atoms with Crippen molar-refractivity contribution in [3.8, 4) is 0 Å². The third-order valence-corrected chi connectivity index (χ3v) is 7.05. The van der Waals surface area contributed by atoms with E-state index in [-0.39, 0.29) is 18.0 Å². The molecule has 0 unspecified atom stereocenters. The van der Waals surface area contributed by atoms with Gasteiger partial charge in [-0.3, -0.25) is 4.79 Å². The fourth-order valence-corrected chi connectivity index (χ4v) is 5.12. The molecule has 3 amide bonds. The summed E-state index contributed by atoms with van der Waals surface area (Å²) in [6, 6.07) is 7.18. The molecule has 0 radical (unpaired) electrons. The second-order valence-corrected chi connectivity index (χ2v) is 8.67. The maximum absolute atomic E-state index is 12.7. The molecule has 144 valence electrons. The first-order valence-electron chi connectivity index (χ1n) is 10.3. The van der Waals surface area contributed by atoms with Gasteiger partial charge in [-0.05, 0) is 81.3 Å². The summed E-state index contributed by atoms with van der Waals surface area (Å²) in [6.07, 6.45) is 7.06. The fourth-order valence-electron chi connectivity index (χ4n) is 5.12. The molecule has 4 fully saturated rings. The van der Waals surface area contributed by atoms with Crippen molar-refractivity contribution in [2.45, 2.75) is 56.0 Å². The summed E-state index contributed by atoms with van der Waals surface area (Å²) >= 11 is 0. The summed E-state index contributed by atoms with van der Waals surface area (Å²) in [7, 11) is 0. The van der Waals surface area contributed by atoms with E-state index in [1.807, 2.05) is 12.1 Å². The van der Waals surface area contributed by atoms with Crippen LogP contribution in [0.5, 0.6) is 0 Å². The number of amides is 3. The van der Waals surface area contributed by atoms with Crippen molar-refractivity contribution in [1.82, 2.24) is 9.80 Å². The molecule has 1 aromatic rings. The number of imide groups is 1. The lowest BCUT2D eigenvalue weighted by atomic mass is 9.92. The van der Waals surface area contributed by atoms with Crippen molar-refractivity contribution in [3.05, 3.63) is 29.8 Å². The maximum Gasteiger partial charge on any atom is 0.332 e. The predicted molar refractivity (Wildman–Crippen MR) is 104 cm³/mol. The van der Waals surface area contributed by atoms with Crippen LogP contribution >= 0.6 is 0 Å². The highest BCUT2D eigenvalue weighted by molar-refractivity contribution is 6.21. The summed E-state index contributed by atoms with van der Waals surface area (Å²) in [5.74, 6) is -0.173. The number of carbonyl (C=O) groups is 2. The molecule has 2 N–H and O–H groups in total. The van der Waals surface area contributed by atoms with Gasteiger partial charge in [0.1, 0.15) is 6.04 Å². The smallest absolute Gasteiger partial charge is 0.325 e. The zero-order chi connectivity index (χ0) is 18.6. The minimum atomic E-state index is -0.479. The Labute approximate surface area is 160 Å². The third kappa shape index (κ3) is 2.77. The molecular formula is C21H28N4O2. The Kier molecular flexibility index (Phi) is 4.02. The second-order valence-electron chi connectivity index (χ2n) is 8.67. The van der Waals surface area contributed by atoms with Crippen LogP contribution in [0.4, 0.5) is 10.5 Å². The Balaban J connectivity index is 1.30. The van der Waals surface area contributed by atoms with E-state index in [0.29, 0.717) is 24.1 Å².